The smallest absolute Gasteiger partial charge is 0.128 e. The Morgan fingerprint density at radius 3 is 2.48 bits per heavy atom. The largest absolute Gasteiger partial charge is 0.496 e. The molecular weight excluding hydrogens is 330 g/mol. The van der Waals surface area contributed by atoms with E-state index in [-0.39, 0.29) is 0 Å². The minimum Gasteiger partial charge on any atom is -0.496 e. The van der Waals surface area contributed by atoms with Crippen molar-refractivity contribution in [1.82, 2.24) is 4.98 Å². The van der Waals surface area contributed by atoms with Gasteiger partial charge in [-0.2, -0.15) is 0 Å². The fourth-order valence-corrected chi connectivity index (χ4v) is 2.73. The number of methoxy groups -OCH3 is 1. The Morgan fingerprint density at radius 2 is 1.86 bits per heavy atom. The van der Waals surface area contributed by atoms with E-state index in [0.29, 0.717) is 12.8 Å². The van der Waals surface area contributed by atoms with Crippen LogP contribution in [-0.4, -0.2) is 23.3 Å². The second-order valence-corrected chi connectivity index (χ2v) is 6.15. The van der Waals surface area contributed by atoms with Crippen LogP contribution in [0, 0.1) is 13.8 Å². The van der Waals surface area contributed by atoms with Gasteiger partial charge in [-0.25, -0.2) is 0 Å². The molecule has 1 heterocycles. The lowest BCUT2D eigenvalue weighted by molar-refractivity contribution is 0.174. The van der Waals surface area contributed by atoms with Crippen LogP contribution in [0.15, 0.2) is 34.9 Å². The van der Waals surface area contributed by atoms with Gasteiger partial charge in [-0.15, -0.1) is 0 Å². The lowest BCUT2D eigenvalue weighted by Gasteiger charge is -2.15. The first-order chi connectivity index (χ1) is 10.0. The summed E-state index contributed by atoms with van der Waals surface area (Å²) in [4.78, 5) is 4.43. The molecule has 2 rings (SSSR count). The highest BCUT2D eigenvalue weighted by Crippen LogP contribution is 2.25. The van der Waals surface area contributed by atoms with Gasteiger partial charge in [0.2, 0.25) is 0 Å². The maximum absolute atomic E-state index is 10.3. The van der Waals surface area contributed by atoms with Crippen LogP contribution in [0.4, 0.5) is 0 Å². The molecule has 0 aliphatic carbocycles. The van der Waals surface area contributed by atoms with Crippen LogP contribution in [0.25, 0.3) is 0 Å². The predicted molar refractivity (Wildman–Crippen MR) is 87.8 cm³/mol. The summed E-state index contributed by atoms with van der Waals surface area (Å²) in [6, 6.07) is 8.01. The summed E-state index contributed by atoms with van der Waals surface area (Å²) in [6.45, 7) is 3.96. The first-order valence-electron chi connectivity index (χ1n) is 6.93. The van der Waals surface area contributed by atoms with E-state index in [0.717, 1.165) is 32.6 Å². The van der Waals surface area contributed by atoms with E-state index in [4.69, 9.17) is 4.74 Å². The van der Waals surface area contributed by atoms with Gasteiger partial charge in [0, 0.05) is 33.9 Å². The summed E-state index contributed by atoms with van der Waals surface area (Å²) in [5.74, 6) is 0.857. The average molecular weight is 350 g/mol. The third kappa shape index (κ3) is 4.05. The average Bonchev–Trinajstić information content (AvgIpc) is 2.45. The number of aryl methyl sites for hydroxylation is 1. The number of halogens is 1. The Balaban J connectivity index is 2.09. The predicted octanol–water partition coefficient (Wildman–Crippen LogP) is 3.62. The van der Waals surface area contributed by atoms with Gasteiger partial charge in [0.15, 0.2) is 0 Å². The Hall–Kier alpha value is -1.39. The van der Waals surface area contributed by atoms with E-state index in [1.807, 2.05) is 38.1 Å². The van der Waals surface area contributed by atoms with Crippen LogP contribution >= 0.6 is 15.9 Å². The van der Waals surface area contributed by atoms with Crippen LogP contribution in [0.3, 0.4) is 0 Å². The summed E-state index contributed by atoms with van der Waals surface area (Å²) in [5.41, 5.74) is 4.03. The molecule has 0 aliphatic heterocycles. The molecule has 1 atom stereocenters. The number of pyridine rings is 1. The standard InChI is InChI=1S/C17H20BrNO2/c1-11-10-19-16(12(2)17(11)21-3)9-15(20)8-13-4-6-14(18)7-5-13/h4-7,10,15,20H,8-9H2,1-3H3. The maximum atomic E-state index is 10.3. The number of hydrogen-bond acceptors (Lipinski definition) is 3. The normalized spacial score (nSPS) is 12.2. The summed E-state index contributed by atoms with van der Waals surface area (Å²) in [6.07, 6.45) is 2.49. The van der Waals surface area contributed by atoms with Crippen molar-refractivity contribution in [2.45, 2.75) is 32.8 Å². The number of nitrogens with zero attached hydrogens (tertiary/aromatic N) is 1. The summed E-state index contributed by atoms with van der Waals surface area (Å²) < 4.78 is 6.45. The van der Waals surface area contributed by atoms with Crippen LogP contribution in [-0.2, 0) is 12.8 Å². The van der Waals surface area contributed by atoms with Crippen LogP contribution in [0.1, 0.15) is 22.4 Å². The fourth-order valence-electron chi connectivity index (χ4n) is 2.46. The molecule has 3 nitrogen and oxygen atoms in total. The lowest BCUT2D eigenvalue weighted by atomic mass is 10.0. The Bertz CT molecular complexity index is 611. The molecule has 0 saturated heterocycles. The second kappa shape index (κ2) is 7.05. The van der Waals surface area contributed by atoms with Crippen molar-refractivity contribution in [3.05, 3.63) is 57.3 Å². The minimum absolute atomic E-state index is 0.454. The van der Waals surface area contributed by atoms with E-state index in [9.17, 15) is 5.11 Å². The molecule has 0 bridgehead atoms. The van der Waals surface area contributed by atoms with Crippen molar-refractivity contribution in [2.75, 3.05) is 7.11 Å². The van der Waals surface area contributed by atoms with Crippen molar-refractivity contribution in [3.8, 4) is 5.75 Å². The van der Waals surface area contributed by atoms with E-state index in [1.54, 1.807) is 13.3 Å². The topological polar surface area (TPSA) is 42.4 Å². The van der Waals surface area contributed by atoms with Gasteiger partial charge in [-0.3, -0.25) is 4.98 Å². The van der Waals surface area contributed by atoms with Crippen molar-refractivity contribution in [1.29, 1.82) is 0 Å². The number of rotatable bonds is 5. The minimum atomic E-state index is -0.454. The molecule has 1 unspecified atom stereocenters. The molecule has 1 N–H and O–H groups in total. The maximum Gasteiger partial charge on any atom is 0.128 e. The highest BCUT2D eigenvalue weighted by molar-refractivity contribution is 9.10. The molecule has 0 fully saturated rings. The number of ether oxygens (including phenoxy) is 1. The molecule has 0 amide bonds. The first kappa shape index (κ1) is 16.0. The molecule has 112 valence electrons. The van der Waals surface area contributed by atoms with Gasteiger partial charge in [0.25, 0.3) is 0 Å². The number of hydrogen-bond donors (Lipinski definition) is 1. The Morgan fingerprint density at radius 1 is 1.19 bits per heavy atom. The zero-order chi connectivity index (χ0) is 15.4. The Labute approximate surface area is 134 Å². The van der Waals surface area contributed by atoms with Crippen LogP contribution in [0.5, 0.6) is 5.75 Å². The molecule has 4 heteroatoms. The van der Waals surface area contributed by atoms with E-state index in [2.05, 4.69) is 20.9 Å². The van der Waals surface area contributed by atoms with Gasteiger partial charge < -0.3 is 9.84 Å². The van der Waals surface area contributed by atoms with E-state index in [1.165, 1.54) is 0 Å². The number of aliphatic hydroxyl groups is 1. The molecule has 1 aromatic heterocycles. The SMILES string of the molecule is COc1c(C)cnc(CC(O)Cc2ccc(Br)cc2)c1C. The molecule has 2 aromatic rings. The molecular formula is C17H20BrNO2. The van der Waals surface area contributed by atoms with E-state index >= 15 is 0 Å². The quantitative estimate of drug-likeness (QED) is 0.896. The summed E-state index contributed by atoms with van der Waals surface area (Å²) in [7, 11) is 1.66. The van der Waals surface area contributed by atoms with E-state index < -0.39 is 6.10 Å². The number of aliphatic hydroxyl groups excluding tert-OH is 1. The molecule has 1 aromatic carbocycles. The highest BCUT2D eigenvalue weighted by Gasteiger charge is 2.14. The van der Waals surface area contributed by atoms with Gasteiger partial charge in [0.1, 0.15) is 5.75 Å². The van der Waals surface area contributed by atoms with Gasteiger partial charge >= 0.3 is 0 Å². The zero-order valence-corrected chi connectivity index (χ0v) is 14.1. The monoisotopic (exact) mass is 349 g/mol. The highest BCUT2D eigenvalue weighted by atomic mass is 79.9. The van der Waals surface area contributed by atoms with Crippen molar-refractivity contribution < 1.29 is 9.84 Å². The summed E-state index contributed by atoms with van der Waals surface area (Å²) >= 11 is 3.41. The van der Waals surface area contributed by atoms with Gasteiger partial charge in [-0.05, 0) is 38.0 Å². The summed E-state index contributed by atoms with van der Waals surface area (Å²) in [5, 5.41) is 10.3. The number of aromatic nitrogens is 1. The molecule has 0 spiro atoms. The van der Waals surface area contributed by atoms with Crippen molar-refractivity contribution >= 4 is 15.9 Å². The first-order valence-corrected chi connectivity index (χ1v) is 7.72. The zero-order valence-electron chi connectivity index (χ0n) is 12.6. The fraction of sp³-hybridized carbons (Fsp3) is 0.353. The van der Waals surface area contributed by atoms with Crippen LogP contribution < -0.4 is 4.74 Å². The molecule has 0 radical (unpaired) electrons. The number of benzene rings is 1. The second-order valence-electron chi connectivity index (χ2n) is 5.23. The third-order valence-electron chi connectivity index (χ3n) is 3.56. The van der Waals surface area contributed by atoms with Gasteiger partial charge in [0.05, 0.1) is 13.2 Å². The third-order valence-corrected chi connectivity index (χ3v) is 4.09. The van der Waals surface area contributed by atoms with Gasteiger partial charge in [-0.1, -0.05) is 28.1 Å². The van der Waals surface area contributed by atoms with Crippen molar-refractivity contribution in [3.63, 3.8) is 0 Å². The molecule has 21 heavy (non-hydrogen) atoms. The van der Waals surface area contributed by atoms with Crippen molar-refractivity contribution in [2.24, 2.45) is 0 Å². The van der Waals surface area contributed by atoms with Crippen LogP contribution in [0.2, 0.25) is 0 Å². The Kier molecular flexibility index (Phi) is 5.37. The molecule has 0 saturated carbocycles. The lowest BCUT2D eigenvalue weighted by Crippen LogP contribution is -2.16. The molecule has 0 aliphatic rings.